The van der Waals surface area contributed by atoms with Crippen LogP contribution >= 0.6 is 34.8 Å². The second kappa shape index (κ2) is 8.50. The number of ether oxygens (including phenoxy) is 1. The molecule has 2 aromatic carbocycles. The van der Waals surface area contributed by atoms with Gasteiger partial charge in [0.2, 0.25) is 11.8 Å². The largest absolute Gasteiger partial charge is 0.482 e. The quantitative estimate of drug-likeness (QED) is 0.636. The number of hydrogen-bond donors (Lipinski definition) is 1. The predicted octanol–water partition coefficient (Wildman–Crippen LogP) is 4.41. The van der Waals surface area contributed by atoms with E-state index in [0.29, 0.717) is 45.9 Å². The number of amides is 2. The zero-order valence-corrected chi connectivity index (χ0v) is 19.3. The molecule has 0 spiro atoms. The highest BCUT2D eigenvalue weighted by Gasteiger charge is 2.42. The number of β-amino-alcohol motifs (C(OH)–C–C–N with tert-alkyl or cyclic N) is 1. The summed E-state index contributed by atoms with van der Waals surface area (Å²) < 4.78 is 6.41. The molecule has 1 N–H and O–H groups in total. The summed E-state index contributed by atoms with van der Waals surface area (Å²) >= 11 is 19.3. The van der Waals surface area contributed by atoms with Crippen LogP contribution in [0, 0.1) is 0 Å². The Hall–Kier alpha value is -1.83. The minimum absolute atomic E-state index is 0.0319. The van der Waals surface area contributed by atoms with Crippen molar-refractivity contribution in [2.24, 2.45) is 0 Å². The number of benzene rings is 2. The molecule has 2 aromatic rings. The van der Waals surface area contributed by atoms with Crippen molar-refractivity contribution in [1.29, 1.82) is 0 Å². The second-order valence-electron chi connectivity index (χ2n) is 8.44. The van der Waals surface area contributed by atoms with Gasteiger partial charge in [0, 0.05) is 41.5 Å². The van der Waals surface area contributed by atoms with Crippen LogP contribution in [0.5, 0.6) is 5.75 Å². The van der Waals surface area contributed by atoms with Crippen molar-refractivity contribution in [1.82, 2.24) is 4.90 Å². The molecule has 2 amide bonds. The van der Waals surface area contributed by atoms with Gasteiger partial charge < -0.3 is 9.84 Å². The SMILES string of the molecule is O=C1CCC(=O)N1c1ccc(O[C@H]2c3cc(Cl)cc(Cl)c3C[C@H]2N2CC[C@@H](O)C2)c(Cl)c1. The Morgan fingerprint density at radius 2 is 1.75 bits per heavy atom. The Labute approximate surface area is 200 Å². The Kier molecular flexibility index (Phi) is 5.84. The van der Waals surface area contributed by atoms with E-state index in [1.807, 2.05) is 6.07 Å². The van der Waals surface area contributed by atoms with E-state index < -0.39 is 0 Å². The van der Waals surface area contributed by atoms with Crippen LogP contribution in [0.2, 0.25) is 15.1 Å². The molecule has 5 rings (SSSR count). The van der Waals surface area contributed by atoms with Crippen LogP contribution in [0.1, 0.15) is 36.5 Å². The van der Waals surface area contributed by atoms with Crippen LogP contribution in [0.25, 0.3) is 0 Å². The normalized spacial score (nSPS) is 25.6. The molecular formula is C23H21Cl3N2O4. The van der Waals surface area contributed by atoms with Gasteiger partial charge in [0.25, 0.3) is 0 Å². The smallest absolute Gasteiger partial charge is 0.234 e. The molecule has 3 atom stereocenters. The van der Waals surface area contributed by atoms with Gasteiger partial charge in [0.05, 0.1) is 22.9 Å². The molecule has 2 saturated heterocycles. The highest BCUT2D eigenvalue weighted by molar-refractivity contribution is 6.35. The molecular weight excluding hydrogens is 475 g/mol. The van der Waals surface area contributed by atoms with E-state index in [1.165, 1.54) is 0 Å². The van der Waals surface area contributed by atoms with Gasteiger partial charge in [0.15, 0.2) is 0 Å². The lowest BCUT2D eigenvalue weighted by atomic mass is 10.1. The monoisotopic (exact) mass is 494 g/mol. The summed E-state index contributed by atoms with van der Waals surface area (Å²) in [5.41, 5.74) is 2.32. The van der Waals surface area contributed by atoms with Gasteiger partial charge in [-0.15, -0.1) is 0 Å². The van der Waals surface area contributed by atoms with E-state index in [4.69, 9.17) is 39.5 Å². The fourth-order valence-electron chi connectivity index (χ4n) is 4.87. The summed E-state index contributed by atoms with van der Waals surface area (Å²) in [6.45, 7) is 1.33. The first-order valence-electron chi connectivity index (χ1n) is 10.5. The van der Waals surface area contributed by atoms with Crippen LogP contribution in [-0.4, -0.2) is 47.1 Å². The Balaban J connectivity index is 1.47. The summed E-state index contributed by atoms with van der Waals surface area (Å²) in [6, 6.07) is 8.48. The van der Waals surface area contributed by atoms with Gasteiger partial charge in [-0.3, -0.25) is 19.4 Å². The minimum atomic E-state index is -0.384. The fourth-order valence-corrected chi connectivity index (χ4v) is 5.68. The Morgan fingerprint density at radius 1 is 1.00 bits per heavy atom. The number of carbonyl (C=O) groups excluding carboxylic acids is 2. The molecule has 2 fully saturated rings. The number of likely N-dealkylation sites (tertiary alicyclic amines) is 1. The summed E-state index contributed by atoms with van der Waals surface area (Å²) in [4.78, 5) is 27.5. The first-order chi connectivity index (χ1) is 15.3. The van der Waals surface area contributed by atoms with Crippen molar-refractivity contribution in [2.45, 2.75) is 43.9 Å². The lowest BCUT2D eigenvalue weighted by Gasteiger charge is -2.30. The van der Waals surface area contributed by atoms with E-state index in [-0.39, 0.29) is 42.9 Å². The summed E-state index contributed by atoms with van der Waals surface area (Å²) in [5.74, 6) is -0.0315. The number of rotatable bonds is 4. The fraction of sp³-hybridized carbons (Fsp3) is 0.391. The van der Waals surface area contributed by atoms with E-state index in [0.717, 1.165) is 22.6 Å². The standard InChI is InChI=1S/C23H21Cl3N2O4/c24-12-7-16-15(17(25)8-12)10-19(27-6-5-14(29)11-27)23(16)32-20-2-1-13(9-18(20)26)28-21(30)3-4-22(28)31/h1-2,7-9,14,19,23,29H,3-6,10-11H2/t14-,19-,23+/m1/s1. The topological polar surface area (TPSA) is 70.1 Å². The van der Waals surface area contributed by atoms with Crippen molar-refractivity contribution in [2.75, 3.05) is 18.0 Å². The maximum atomic E-state index is 12.1. The molecule has 9 heteroatoms. The zero-order valence-electron chi connectivity index (χ0n) is 17.1. The molecule has 32 heavy (non-hydrogen) atoms. The first-order valence-corrected chi connectivity index (χ1v) is 11.7. The van der Waals surface area contributed by atoms with Crippen LogP contribution in [0.15, 0.2) is 30.3 Å². The number of hydrogen-bond acceptors (Lipinski definition) is 5. The molecule has 3 aliphatic rings. The molecule has 0 bridgehead atoms. The second-order valence-corrected chi connectivity index (χ2v) is 9.69. The van der Waals surface area contributed by atoms with E-state index in [1.54, 1.807) is 24.3 Å². The minimum Gasteiger partial charge on any atom is -0.482 e. The van der Waals surface area contributed by atoms with Crippen LogP contribution in [0.3, 0.4) is 0 Å². The average Bonchev–Trinajstić information content (AvgIpc) is 3.41. The van der Waals surface area contributed by atoms with Gasteiger partial charge in [-0.2, -0.15) is 0 Å². The molecule has 2 heterocycles. The van der Waals surface area contributed by atoms with E-state index in [9.17, 15) is 14.7 Å². The maximum absolute atomic E-state index is 12.1. The molecule has 0 aromatic heterocycles. The van der Waals surface area contributed by atoms with E-state index >= 15 is 0 Å². The van der Waals surface area contributed by atoms with Crippen molar-refractivity contribution >= 4 is 52.3 Å². The van der Waals surface area contributed by atoms with Gasteiger partial charge in [0.1, 0.15) is 11.9 Å². The van der Waals surface area contributed by atoms with E-state index in [2.05, 4.69) is 4.90 Å². The Morgan fingerprint density at radius 3 is 2.41 bits per heavy atom. The molecule has 2 aliphatic heterocycles. The number of carbonyl (C=O) groups is 2. The van der Waals surface area contributed by atoms with Crippen LogP contribution in [-0.2, 0) is 16.0 Å². The zero-order chi connectivity index (χ0) is 22.6. The maximum Gasteiger partial charge on any atom is 0.234 e. The number of aliphatic hydroxyl groups excluding tert-OH is 1. The number of halogens is 3. The predicted molar refractivity (Wildman–Crippen MR) is 123 cm³/mol. The molecule has 168 valence electrons. The van der Waals surface area contributed by atoms with Crippen molar-refractivity contribution in [3.8, 4) is 5.75 Å². The molecule has 1 aliphatic carbocycles. The van der Waals surface area contributed by atoms with Gasteiger partial charge >= 0.3 is 0 Å². The summed E-state index contributed by atoms with van der Waals surface area (Å²) in [6.07, 6.45) is 1.05. The number of imide groups is 1. The highest BCUT2D eigenvalue weighted by Crippen LogP contribution is 2.44. The summed E-state index contributed by atoms with van der Waals surface area (Å²) in [7, 11) is 0. The molecule has 0 radical (unpaired) electrons. The first kappa shape index (κ1) is 22.0. The number of aliphatic hydroxyl groups is 1. The highest BCUT2D eigenvalue weighted by atomic mass is 35.5. The average molecular weight is 496 g/mol. The van der Waals surface area contributed by atoms with Gasteiger partial charge in [-0.25, -0.2) is 0 Å². The third-order valence-electron chi connectivity index (χ3n) is 6.41. The van der Waals surface area contributed by atoms with Gasteiger partial charge in [-0.1, -0.05) is 34.8 Å². The van der Waals surface area contributed by atoms with Crippen molar-refractivity contribution < 1.29 is 19.4 Å². The lowest BCUT2D eigenvalue weighted by molar-refractivity contribution is -0.121. The number of nitrogens with zero attached hydrogens (tertiary/aromatic N) is 2. The van der Waals surface area contributed by atoms with Gasteiger partial charge in [-0.05, 0) is 48.7 Å². The molecule has 0 unspecified atom stereocenters. The molecule has 0 saturated carbocycles. The van der Waals surface area contributed by atoms with Crippen molar-refractivity contribution in [3.63, 3.8) is 0 Å². The van der Waals surface area contributed by atoms with Crippen molar-refractivity contribution in [3.05, 3.63) is 56.5 Å². The third-order valence-corrected chi connectivity index (χ3v) is 7.26. The number of anilines is 1. The van der Waals surface area contributed by atoms with Crippen LogP contribution in [0.4, 0.5) is 5.69 Å². The number of fused-ring (bicyclic) bond motifs is 1. The molecule has 6 nitrogen and oxygen atoms in total. The Bertz CT molecular complexity index is 1090. The van der Waals surface area contributed by atoms with Crippen LogP contribution < -0.4 is 9.64 Å². The third kappa shape index (κ3) is 3.88. The summed E-state index contributed by atoms with van der Waals surface area (Å²) in [5, 5.41) is 11.5. The lowest BCUT2D eigenvalue weighted by Crippen LogP contribution is -2.39.